The molecule has 0 bridgehead atoms. The Labute approximate surface area is 150 Å². The van der Waals surface area contributed by atoms with Gasteiger partial charge in [-0.25, -0.2) is 9.97 Å². The molecule has 0 amide bonds. The van der Waals surface area contributed by atoms with Crippen LogP contribution in [0, 0.1) is 11.3 Å². The second-order valence-corrected chi connectivity index (χ2v) is 9.27. The molecular formula is C17H23N3O2S2. The van der Waals surface area contributed by atoms with Gasteiger partial charge in [0.1, 0.15) is 10.6 Å². The first kappa shape index (κ1) is 17.5. The lowest BCUT2D eigenvalue weighted by Gasteiger charge is -2.33. The van der Waals surface area contributed by atoms with E-state index in [1.165, 1.54) is 35.7 Å². The summed E-state index contributed by atoms with van der Waals surface area (Å²) in [6, 6.07) is 0. The predicted molar refractivity (Wildman–Crippen MR) is 99.5 cm³/mol. The van der Waals surface area contributed by atoms with Gasteiger partial charge in [-0.3, -0.25) is 4.79 Å². The van der Waals surface area contributed by atoms with Crippen molar-refractivity contribution in [1.29, 1.82) is 0 Å². The van der Waals surface area contributed by atoms with Crippen molar-refractivity contribution < 1.29 is 9.53 Å². The quantitative estimate of drug-likeness (QED) is 0.508. The molecule has 2 heterocycles. The Hall–Kier alpha value is -1.34. The molecule has 24 heavy (non-hydrogen) atoms. The standard InChI is InChI=1S/C17H23N3O2S2/c1-17(2,3)9-5-6-10-11(7-9)24-15-13(10)14(18)19-16(20-15)23-8-12(21)22-4/h9H,5-8H2,1-4H3,(H2,18,19,20). The van der Waals surface area contributed by atoms with Gasteiger partial charge in [-0.05, 0) is 36.2 Å². The summed E-state index contributed by atoms with van der Waals surface area (Å²) in [4.78, 5) is 22.6. The molecule has 0 spiro atoms. The summed E-state index contributed by atoms with van der Waals surface area (Å²) < 4.78 is 4.66. The van der Waals surface area contributed by atoms with Crippen molar-refractivity contribution in [2.24, 2.45) is 11.3 Å². The summed E-state index contributed by atoms with van der Waals surface area (Å²) in [6.07, 6.45) is 3.31. The molecule has 3 rings (SSSR count). The number of aryl methyl sites for hydroxylation is 1. The van der Waals surface area contributed by atoms with Crippen molar-refractivity contribution >= 4 is 45.1 Å². The number of nitrogens with two attached hydrogens (primary N) is 1. The fourth-order valence-corrected chi connectivity index (χ4v) is 5.22. The van der Waals surface area contributed by atoms with Gasteiger partial charge >= 0.3 is 5.97 Å². The minimum atomic E-state index is -0.291. The fourth-order valence-electron chi connectivity index (χ4n) is 3.17. The Morgan fingerprint density at radius 2 is 2.17 bits per heavy atom. The van der Waals surface area contributed by atoms with Crippen molar-refractivity contribution in [3.63, 3.8) is 0 Å². The molecule has 1 atom stereocenters. The Morgan fingerprint density at radius 1 is 1.42 bits per heavy atom. The van der Waals surface area contributed by atoms with E-state index in [4.69, 9.17) is 5.73 Å². The van der Waals surface area contributed by atoms with E-state index in [-0.39, 0.29) is 11.7 Å². The summed E-state index contributed by atoms with van der Waals surface area (Å²) in [5, 5.41) is 1.56. The number of hydrogen-bond donors (Lipinski definition) is 1. The van der Waals surface area contributed by atoms with Crippen LogP contribution in [0.2, 0.25) is 0 Å². The topological polar surface area (TPSA) is 78.1 Å². The van der Waals surface area contributed by atoms with Crippen LogP contribution in [0.5, 0.6) is 0 Å². The molecule has 2 aromatic heterocycles. The van der Waals surface area contributed by atoms with Crippen LogP contribution in [0.3, 0.4) is 0 Å². The Kier molecular flexibility index (Phi) is 4.75. The van der Waals surface area contributed by atoms with E-state index in [9.17, 15) is 4.79 Å². The van der Waals surface area contributed by atoms with Crippen LogP contribution in [0.4, 0.5) is 5.82 Å². The van der Waals surface area contributed by atoms with Crippen LogP contribution < -0.4 is 5.73 Å². The van der Waals surface area contributed by atoms with Gasteiger partial charge in [0.15, 0.2) is 5.16 Å². The van der Waals surface area contributed by atoms with E-state index in [0.29, 0.717) is 22.3 Å². The highest BCUT2D eigenvalue weighted by Crippen LogP contribution is 2.44. The van der Waals surface area contributed by atoms with Crippen LogP contribution in [0.15, 0.2) is 5.16 Å². The van der Waals surface area contributed by atoms with E-state index in [1.54, 1.807) is 11.3 Å². The zero-order valence-corrected chi connectivity index (χ0v) is 16.1. The van der Waals surface area contributed by atoms with Gasteiger partial charge in [0.05, 0.1) is 18.2 Å². The van der Waals surface area contributed by atoms with Crippen molar-refractivity contribution in [2.45, 2.75) is 45.2 Å². The summed E-state index contributed by atoms with van der Waals surface area (Å²) in [5.74, 6) is 1.11. The third kappa shape index (κ3) is 3.37. The number of thiophene rings is 1. The molecule has 2 aromatic rings. The highest BCUT2D eigenvalue weighted by atomic mass is 32.2. The van der Waals surface area contributed by atoms with E-state index in [0.717, 1.165) is 23.1 Å². The Balaban J connectivity index is 1.92. The van der Waals surface area contributed by atoms with Crippen LogP contribution in [0.1, 0.15) is 37.6 Å². The fraction of sp³-hybridized carbons (Fsp3) is 0.588. The summed E-state index contributed by atoms with van der Waals surface area (Å²) in [5.41, 5.74) is 7.85. The lowest BCUT2D eigenvalue weighted by atomic mass is 9.72. The molecule has 0 aliphatic heterocycles. The average Bonchev–Trinajstić information content (AvgIpc) is 2.89. The predicted octanol–water partition coefficient (Wildman–Crippen LogP) is 3.69. The van der Waals surface area contributed by atoms with Gasteiger partial charge in [-0.1, -0.05) is 32.5 Å². The third-order valence-electron chi connectivity index (χ3n) is 4.69. The number of methoxy groups -OCH3 is 1. The minimum absolute atomic E-state index is 0.193. The normalized spacial score (nSPS) is 17.8. The maximum absolute atomic E-state index is 11.3. The molecule has 1 aliphatic carbocycles. The number of nitrogen functional groups attached to an aromatic ring is 1. The van der Waals surface area contributed by atoms with Crippen molar-refractivity contribution in [2.75, 3.05) is 18.6 Å². The number of carbonyl (C=O) groups excluding carboxylic acids is 1. The molecule has 2 N–H and O–H groups in total. The molecule has 5 nitrogen and oxygen atoms in total. The Bertz CT molecular complexity index is 780. The summed E-state index contributed by atoms with van der Waals surface area (Å²) in [7, 11) is 1.38. The van der Waals surface area contributed by atoms with Crippen LogP contribution in [0.25, 0.3) is 10.2 Å². The largest absolute Gasteiger partial charge is 0.468 e. The second kappa shape index (κ2) is 6.52. The number of ether oxygens (including phenoxy) is 1. The summed E-state index contributed by atoms with van der Waals surface area (Å²) >= 11 is 2.99. The van der Waals surface area contributed by atoms with Gasteiger partial charge in [-0.15, -0.1) is 11.3 Å². The zero-order chi connectivity index (χ0) is 17.5. The van der Waals surface area contributed by atoms with Crippen LogP contribution in [-0.2, 0) is 22.4 Å². The molecule has 130 valence electrons. The highest BCUT2D eigenvalue weighted by Gasteiger charge is 2.31. The molecule has 1 aliphatic rings. The number of hydrogen-bond acceptors (Lipinski definition) is 7. The maximum Gasteiger partial charge on any atom is 0.316 e. The Morgan fingerprint density at radius 3 is 2.83 bits per heavy atom. The zero-order valence-electron chi connectivity index (χ0n) is 14.5. The number of esters is 1. The summed E-state index contributed by atoms with van der Waals surface area (Å²) in [6.45, 7) is 6.93. The van der Waals surface area contributed by atoms with Crippen molar-refractivity contribution in [1.82, 2.24) is 9.97 Å². The third-order valence-corrected chi connectivity index (χ3v) is 6.66. The van der Waals surface area contributed by atoms with Crippen molar-refractivity contribution in [3.05, 3.63) is 10.4 Å². The van der Waals surface area contributed by atoms with Crippen LogP contribution >= 0.6 is 23.1 Å². The smallest absolute Gasteiger partial charge is 0.316 e. The lowest BCUT2D eigenvalue weighted by molar-refractivity contribution is -0.137. The average molecular weight is 366 g/mol. The van der Waals surface area contributed by atoms with Gasteiger partial charge in [0.25, 0.3) is 0 Å². The highest BCUT2D eigenvalue weighted by molar-refractivity contribution is 7.99. The molecule has 7 heteroatoms. The SMILES string of the molecule is COC(=O)CSc1nc(N)c2c3c(sc2n1)CC(C(C)(C)C)CC3. The molecule has 0 fully saturated rings. The van der Waals surface area contributed by atoms with Gasteiger partial charge in [0.2, 0.25) is 0 Å². The number of carbonyl (C=O) groups is 1. The van der Waals surface area contributed by atoms with Crippen LogP contribution in [-0.4, -0.2) is 28.8 Å². The van der Waals surface area contributed by atoms with Gasteiger partial charge in [-0.2, -0.15) is 0 Å². The van der Waals surface area contributed by atoms with E-state index in [2.05, 4.69) is 35.5 Å². The van der Waals surface area contributed by atoms with Gasteiger partial charge in [0, 0.05) is 4.88 Å². The molecule has 0 saturated heterocycles. The first-order valence-corrected chi connectivity index (χ1v) is 9.87. The molecule has 0 saturated carbocycles. The van der Waals surface area contributed by atoms with Crippen molar-refractivity contribution in [3.8, 4) is 0 Å². The number of thioether (sulfide) groups is 1. The maximum atomic E-state index is 11.3. The lowest BCUT2D eigenvalue weighted by Crippen LogP contribution is -2.26. The molecule has 0 aromatic carbocycles. The van der Waals surface area contributed by atoms with E-state index in [1.807, 2.05) is 0 Å². The van der Waals surface area contributed by atoms with E-state index >= 15 is 0 Å². The number of rotatable bonds is 3. The monoisotopic (exact) mass is 365 g/mol. The number of aromatic nitrogens is 2. The second-order valence-electron chi connectivity index (χ2n) is 7.25. The first-order valence-electron chi connectivity index (χ1n) is 8.07. The first-order chi connectivity index (χ1) is 11.3. The number of fused-ring (bicyclic) bond motifs is 3. The molecular weight excluding hydrogens is 342 g/mol. The van der Waals surface area contributed by atoms with E-state index < -0.39 is 0 Å². The molecule has 1 unspecified atom stereocenters. The number of nitrogens with zero attached hydrogens (tertiary/aromatic N) is 2. The van der Waals surface area contributed by atoms with Gasteiger partial charge < -0.3 is 10.5 Å². The molecule has 0 radical (unpaired) electrons. The minimum Gasteiger partial charge on any atom is -0.468 e. The number of anilines is 1.